The highest BCUT2D eigenvalue weighted by atomic mass is 28.4. The van der Waals surface area contributed by atoms with Crippen molar-refractivity contribution in [2.75, 3.05) is 72.6 Å². The van der Waals surface area contributed by atoms with Crippen molar-refractivity contribution in [3.8, 4) is 0 Å². The molecule has 0 aromatic heterocycles. The normalized spacial score (nSPS) is 22.6. The maximum atomic E-state index is 12.9. The molecule has 236 valence electrons. The van der Waals surface area contributed by atoms with Crippen molar-refractivity contribution in [2.45, 2.75) is 109 Å². The average Bonchev–Trinajstić information content (AvgIpc) is 3.28. The van der Waals surface area contributed by atoms with Crippen LogP contribution in [-0.2, 0) is 37.6 Å². The van der Waals surface area contributed by atoms with E-state index < -0.39 is 13.9 Å². The Bertz CT molecular complexity index is 705. The summed E-state index contributed by atoms with van der Waals surface area (Å²) in [5.74, 6) is 0. The van der Waals surface area contributed by atoms with Crippen LogP contribution >= 0.6 is 0 Å². The number of likely N-dealkylation sites (tertiary alicyclic amines) is 1. The van der Waals surface area contributed by atoms with Gasteiger partial charge in [-0.3, -0.25) is 0 Å². The highest BCUT2D eigenvalue weighted by molar-refractivity contribution is 6.74. The molecule has 0 radical (unpaired) electrons. The van der Waals surface area contributed by atoms with Gasteiger partial charge < -0.3 is 42.5 Å². The highest BCUT2D eigenvalue weighted by Gasteiger charge is 2.42. The van der Waals surface area contributed by atoms with Gasteiger partial charge in [0, 0.05) is 6.61 Å². The number of hydrogen-bond acceptors (Lipinski definition) is 9. The third-order valence-electron chi connectivity index (χ3n) is 7.44. The Balaban J connectivity index is 1.57. The Labute approximate surface area is 243 Å². The Kier molecular flexibility index (Phi) is 15.4. The van der Waals surface area contributed by atoms with E-state index in [1.165, 1.54) is 0 Å². The van der Waals surface area contributed by atoms with Gasteiger partial charge in [0.05, 0.1) is 78.2 Å². The van der Waals surface area contributed by atoms with Gasteiger partial charge in [-0.2, -0.15) is 0 Å². The summed E-state index contributed by atoms with van der Waals surface area (Å²) in [6.45, 7) is 22.5. The second kappa shape index (κ2) is 17.4. The zero-order chi connectivity index (χ0) is 29.7. The number of amides is 1. The first-order valence-electron chi connectivity index (χ1n) is 15.0. The van der Waals surface area contributed by atoms with Crippen LogP contribution in [0.1, 0.15) is 67.2 Å². The van der Waals surface area contributed by atoms with Crippen molar-refractivity contribution in [2.24, 2.45) is 0 Å². The van der Waals surface area contributed by atoms with Crippen molar-refractivity contribution in [1.29, 1.82) is 0 Å². The van der Waals surface area contributed by atoms with Crippen LogP contribution in [0.2, 0.25) is 18.1 Å². The summed E-state index contributed by atoms with van der Waals surface area (Å²) >= 11 is 0. The fourth-order valence-corrected chi connectivity index (χ4v) is 5.16. The molecule has 11 heteroatoms. The van der Waals surface area contributed by atoms with Gasteiger partial charge in [0.1, 0.15) is 5.60 Å². The lowest BCUT2D eigenvalue weighted by Crippen LogP contribution is -2.46. The predicted molar refractivity (Wildman–Crippen MR) is 156 cm³/mol. The number of carbonyl (C=O) groups is 1. The smallest absolute Gasteiger partial charge is 0.410 e. The minimum absolute atomic E-state index is 0.0716. The molecule has 0 N–H and O–H groups in total. The lowest BCUT2D eigenvalue weighted by atomic mass is 10.2. The summed E-state index contributed by atoms with van der Waals surface area (Å²) in [4.78, 5) is 14.7. The molecule has 2 aliphatic heterocycles. The van der Waals surface area contributed by atoms with Crippen LogP contribution < -0.4 is 0 Å². The molecule has 10 nitrogen and oxygen atoms in total. The topological polar surface area (TPSA) is 94.2 Å². The highest BCUT2D eigenvalue weighted by Crippen LogP contribution is 2.37. The van der Waals surface area contributed by atoms with Gasteiger partial charge >= 0.3 is 6.09 Å². The van der Waals surface area contributed by atoms with Gasteiger partial charge in [-0.1, -0.05) is 20.8 Å². The number of carbonyl (C=O) groups excluding carboxylic acids is 1. The van der Waals surface area contributed by atoms with Gasteiger partial charge in [0.15, 0.2) is 14.6 Å². The van der Waals surface area contributed by atoms with Crippen LogP contribution in [0.4, 0.5) is 4.79 Å². The van der Waals surface area contributed by atoms with Crippen molar-refractivity contribution in [3.05, 3.63) is 0 Å². The molecule has 0 aromatic rings. The van der Waals surface area contributed by atoms with Crippen LogP contribution in [0.5, 0.6) is 0 Å². The van der Waals surface area contributed by atoms with E-state index in [1.807, 2.05) is 20.8 Å². The van der Waals surface area contributed by atoms with E-state index in [2.05, 4.69) is 33.9 Å². The van der Waals surface area contributed by atoms with E-state index >= 15 is 0 Å². The van der Waals surface area contributed by atoms with Crippen molar-refractivity contribution in [3.63, 3.8) is 0 Å². The minimum atomic E-state index is -1.94. The molecule has 40 heavy (non-hydrogen) atoms. The van der Waals surface area contributed by atoms with Gasteiger partial charge in [-0.15, -0.1) is 0 Å². The fraction of sp³-hybridized carbons (Fsp3) is 0.966. The Morgan fingerprint density at radius 3 is 1.95 bits per heavy atom. The van der Waals surface area contributed by atoms with Crippen LogP contribution in [-0.4, -0.2) is 116 Å². The third kappa shape index (κ3) is 13.9. The summed E-state index contributed by atoms with van der Waals surface area (Å²) in [7, 11) is -1.94. The third-order valence-corrected chi connectivity index (χ3v) is 11.9. The summed E-state index contributed by atoms with van der Waals surface area (Å²) in [6.07, 6.45) is 3.50. The lowest BCUT2D eigenvalue weighted by molar-refractivity contribution is -0.169. The number of nitrogens with zero attached hydrogens (tertiary/aromatic N) is 1. The van der Waals surface area contributed by atoms with E-state index in [-0.39, 0.29) is 29.6 Å². The van der Waals surface area contributed by atoms with Gasteiger partial charge in [-0.25, -0.2) is 4.79 Å². The maximum Gasteiger partial charge on any atom is 0.410 e. The van der Waals surface area contributed by atoms with E-state index in [0.29, 0.717) is 66.0 Å². The minimum Gasteiger partial charge on any atom is -0.444 e. The average molecular weight is 592 g/mol. The Morgan fingerprint density at radius 1 is 0.850 bits per heavy atom. The molecular formula is C29H57NO9Si. The molecular weight excluding hydrogens is 534 g/mol. The Morgan fingerprint density at radius 2 is 1.43 bits per heavy atom. The summed E-state index contributed by atoms with van der Waals surface area (Å²) < 4.78 is 46.1. The molecule has 2 saturated heterocycles. The first-order valence-corrected chi connectivity index (χ1v) is 17.9. The summed E-state index contributed by atoms with van der Waals surface area (Å²) in [5, 5.41) is 0.102. The van der Waals surface area contributed by atoms with Crippen molar-refractivity contribution < 1.29 is 42.4 Å². The number of rotatable bonds is 17. The van der Waals surface area contributed by atoms with Crippen LogP contribution in [0.15, 0.2) is 0 Å². The zero-order valence-electron chi connectivity index (χ0n) is 26.5. The molecule has 0 bridgehead atoms. The number of hydrogen-bond donors (Lipinski definition) is 0. The molecule has 2 rings (SSSR count). The van der Waals surface area contributed by atoms with E-state index in [0.717, 1.165) is 32.3 Å². The number of ether oxygens (including phenoxy) is 7. The largest absolute Gasteiger partial charge is 0.444 e. The van der Waals surface area contributed by atoms with E-state index in [1.54, 1.807) is 4.90 Å². The van der Waals surface area contributed by atoms with Crippen LogP contribution in [0, 0.1) is 0 Å². The molecule has 2 aliphatic rings. The fourth-order valence-electron chi connectivity index (χ4n) is 4.11. The molecule has 0 saturated carbocycles. The molecule has 0 aromatic carbocycles. The van der Waals surface area contributed by atoms with E-state index in [4.69, 9.17) is 37.6 Å². The molecule has 0 aliphatic carbocycles. The summed E-state index contributed by atoms with van der Waals surface area (Å²) in [6, 6.07) is -0.0716. The van der Waals surface area contributed by atoms with Gasteiger partial charge in [0.2, 0.25) is 0 Å². The second-order valence-electron chi connectivity index (χ2n) is 13.1. The molecule has 1 unspecified atom stereocenters. The zero-order valence-corrected chi connectivity index (χ0v) is 27.5. The first-order chi connectivity index (χ1) is 18.8. The molecule has 1 amide bonds. The lowest BCUT2D eigenvalue weighted by Gasteiger charge is -2.38. The Hall–Kier alpha value is -0.793. The predicted octanol–water partition coefficient (Wildman–Crippen LogP) is 5.00. The first kappa shape index (κ1) is 35.4. The van der Waals surface area contributed by atoms with Crippen molar-refractivity contribution in [1.82, 2.24) is 4.90 Å². The summed E-state index contributed by atoms with van der Waals surface area (Å²) in [5.41, 5.74) is -0.554. The van der Waals surface area contributed by atoms with Crippen LogP contribution in [0.25, 0.3) is 0 Å². The quantitative estimate of drug-likeness (QED) is 0.171. The standard InChI is InChI=1S/C29H57NO9Si/c1-28(2,3)39-27(31)30-22-25(21-24(30)23-38-40(7,8)29(4,5)6)35-19-17-33-15-13-32-14-16-34-18-20-37-26-11-9-10-12-36-26/h24-26H,9-23H2,1-8H3/t24-,25+,26?/m0/s1. The molecule has 2 fully saturated rings. The molecule has 2 heterocycles. The molecule has 0 spiro atoms. The van der Waals surface area contributed by atoms with Crippen molar-refractivity contribution >= 4 is 14.4 Å². The second-order valence-corrected chi connectivity index (χ2v) is 17.9. The van der Waals surface area contributed by atoms with Gasteiger partial charge in [0.25, 0.3) is 0 Å². The maximum absolute atomic E-state index is 12.9. The molecule has 3 atom stereocenters. The monoisotopic (exact) mass is 591 g/mol. The SMILES string of the molecule is CC(C)(C)OC(=O)N1C[C@H](OCCOCCOCCOCCOC2CCCCO2)C[C@H]1CO[Si](C)(C)C(C)(C)C. The van der Waals surface area contributed by atoms with Gasteiger partial charge in [-0.05, 0) is 64.6 Å². The van der Waals surface area contributed by atoms with Crippen LogP contribution in [0.3, 0.4) is 0 Å². The van der Waals surface area contributed by atoms with E-state index in [9.17, 15) is 4.79 Å².